The molecule has 1 atom stereocenters. The summed E-state index contributed by atoms with van der Waals surface area (Å²) >= 11 is 0. The van der Waals surface area contributed by atoms with Crippen LogP contribution in [0.4, 0.5) is 0 Å². The fourth-order valence-electron chi connectivity index (χ4n) is 4.05. The van der Waals surface area contributed by atoms with Crippen LogP contribution in [-0.4, -0.2) is 22.4 Å². The summed E-state index contributed by atoms with van der Waals surface area (Å²) in [6.45, 7) is 3.31. The fourth-order valence-corrected chi connectivity index (χ4v) is 4.05. The minimum absolute atomic E-state index is 0.296. The minimum Gasteiger partial charge on any atom is -0.487 e. The van der Waals surface area contributed by atoms with E-state index in [2.05, 4.69) is 28.6 Å². The number of nitrogens with zero attached hydrogens (tertiary/aromatic N) is 3. The SMILES string of the molecule is Cc1nn(-c2ccccc2)c(COc2ccc(CCC3CCCCN3)cc2)c1C#N. The third kappa shape index (κ3) is 4.72. The maximum atomic E-state index is 9.60. The van der Waals surface area contributed by atoms with Crippen LogP contribution in [-0.2, 0) is 13.0 Å². The first-order chi connectivity index (χ1) is 14.7. The van der Waals surface area contributed by atoms with Gasteiger partial charge in [-0.05, 0) is 69.0 Å². The normalized spacial score (nSPS) is 16.2. The van der Waals surface area contributed by atoms with Crippen molar-refractivity contribution in [2.75, 3.05) is 6.54 Å². The van der Waals surface area contributed by atoms with E-state index in [1.54, 1.807) is 4.68 Å². The van der Waals surface area contributed by atoms with Crippen molar-refractivity contribution < 1.29 is 4.74 Å². The molecule has 5 nitrogen and oxygen atoms in total. The van der Waals surface area contributed by atoms with Gasteiger partial charge in [0.15, 0.2) is 0 Å². The maximum absolute atomic E-state index is 9.60. The maximum Gasteiger partial charge on any atom is 0.132 e. The Morgan fingerprint density at radius 2 is 1.93 bits per heavy atom. The van der Waals surface area contributed by atoms with E-state index < -0.39 is 0 Å². The second-order valence-corrected chi connectivity index (χ2v) is 7.88. The number of benzene rings is 2. The average molecular weight is 401 g/mol. The molecule has 5 heteroatoms. The molecule has 30 heavy (non-hydrogen) atoms. The van der Waals surface area contributed by atoms with Gasteiger partial charge in [0.25, 0.3) is 0 Å². The number of nitriles is 1. The van der Waals surface area contributed by atoms with Crippen LogP contribution in [0.2, 0.25) is 0 Å². The summed E-state index contributed by atoms with van der Waals surface area (Å²) in [6, 6.07) is 21.1. The molecule has 154 valence electrons. The number of hydrogen-bond acceptors (Lipinski definition) is 4. The van der Waals surface area contributed by atoms with Crippen LogP contribution in [0.1, 0.15) is 48.2 Å². The molecule has 0 amide bonds. The van der Waals surface area contributed by atoms with E-state index in [4.69, 9.17) is 4.74 Å². The Hall–Kier alpha value is -3.10. The van der Waals surface area contributed by atoms with Crippen LogP contribution in [0.3, 0.4) is 0 Å². The van der Waals surface area contributed by atoms with Gasteiger partial charge in [0.1, 0.15) is 24.0 Å². The molecule has 3 aromatic rings. The zero-order valence-corrected chi connectivity index (χ0v) is 17.5. The number of rotatable bonds is 7. The molecule has 1 aromatic heterocycles. The lowest BCUT2D eigenvalue weighted by atomic mass is 9.98. The smallest absolute Gasteiger partial charge is 0.132 e. The molecular weight excluding hydrogens is 372 g/mol. The van der Waals surface area contributed by atoms with Crippen molar-refractivity contribution in [2.45, 2.75) is 51.7 Å². The number of ether oxygens (including phenoxy) is 1. The number of aromatic nitrogens is 2. The third-order valence-corrected chi connectivity index (χ3v) is 5.76. The lowest BCUT2D eigenvalue weighted by Crippen LogP contribution is -2.34. The summed E-state index contributed by atoms with van der Waals surface area (Å²) in [5.41, 5.74) is 4.32. The van der Waals surface area contributed by atoms with E-state index >= 15 is 0 Å². The third-order valence-electron chi connectivity index (χ3n) is 5.76. The summed E-state index contributed by atoms with van der Waals surface area (Å²) in [5.74, 6) is 0.803. The number of aryl methyl sites for hydroxylation is 2. The van der Waals surface area contributed by atoms with Crippen LogP contribution < -0.4 is 10.1 Å². The monoisotopic (exact) mass is 400 g/mol. The van der Waals surface area contributed by atoms with E-state index in [9.17, 15) is 5.26 Å². The number of piperidine rings is 1. The molecule has 1 saturated heterocycles. The highest BCUT2D eigenvalue weighted by Crippen LogP contribution is 2.22. The molecule has 1 aliphatic heterocycles. The van der Waals surface area contributed by atoms with Crippen molar-refractivity contribution in [1.29, 1.82) is 5.26 Å². The highest BCUT2D eigenvalue weighted by atomic mass is 16.5. The second-order valence-electron chi connectivity index (χ2n) is 7.88. The van der Waals surface area contributed by atoms with Gasteiger partial charge in [-0.15, -0.1) is 0 Å². The Bertz CT molecular complexity index is 996. The molecule has 0 bridgehead atoms. The number of nitrogens with one attached hydrogen (secondary N) is 1. The summed E-state index contributed by atoms with van der Waals surface area (Å²) in [6.07, 6.45) is 6.20. The molecule has 1 unspecified atom stereocenters. The van der Waals surface area contributed by atoms with Gasteiger partial charge in [-0.25, -0.2) is 4.68 Å². The Balaban J connectivity index is 1.41. The second kappa shape index (κ2) is 9.60. The number of hydrogen-bond donors (Lipinski definition) is 1. The molecule has 1 aliphatic rings. The molecule has 0 spiro atoms. The van der Waals surface area contributed by atoms with Gasteiger partial charge in [-0.2, -0.15) is 10.4 Å². The van der Waals surface area contributed by atoms with Crippen molar-refractivity contribution in [1.82, 2.24) is 15.1 Å². The van der Waals surface area contributed by atoms with Crippen LogP contribution in [0.15, 0.2) is 54.6 Å². The lowest BCUT2D eigenvalue weighted by molar-refractivity contribution is 0.297. The van der Waals surface area contributed by atoms with E-state index in [1.165, 1.54) is 31.2 Å². The topological polar surface area (TPSA) is 62.9 Å². The zero-order valence-electron chi connectivity index (χ0n) is 17.5. The van der Waals surface area contributed by atoms with E-state index in [1.807, 2.05) is 49.4 Å². The van der Waals surface area contributed by atoms with Crippen molar-refractivity contribution in [3.8, 4) is 17.5 Å². The molecule has 0 saturated carbocycles. The summed E-state index contributed by atoms with van der Waals surface area (Å²) in [7, 11) is 0. The molecule has 2 heterocycles. The predicted molar refractivity (Wildman–Crippen MR) is 118 cm³/mol. The van der Waals surface area contributed by atoms with Crippen LogP contribution in [0.5, 0.6) is 5.75 Å². The lowest BCUT2D eigenvalue weighted by Gasteiger charge is -2.23. The Morgan fingerprint density at radius 3 is 2.63 bits per heavy atom. The molecule has 1 fully saturated rings. The van der Waals surface area contributed by atoms with E-state index in [0.29, 0.717) is 23.9 Å². The van der Waals surface area contributed by atoms with Crippen LogP contribution >= 0.6 is 0 Å². The molecular formula is C25H28N4O. The van der Waals surface area contributed by atoms with Gasteiger partial charge in [-0.3, -0.25) is 0 Å². The fraction of sp³-hybridized carbons (Fsp3) is 0.360. The standard InChI is InChI=1S/C25H28N4O/c1-19-24(17-26)25(29(28-19)22-8-3-2-4-9-22)18-30-23-14-11-20(12-15-23)10-13-21-7-5-6-16-27-21/h2-4,8-9,11-12,14-15,21,27H,5-7,10,13,16,18H2,1H3. The van der Waals surface area contributed by atoms with E-state index in [-0.39, 0.29) is 0 Å². The summed E-state index contributed by atoms with van der Waals surface area (Å²) < 4.78 is 7.84. The largest absolute Gasteiger partial charge is 0.487 e. The van der Waals surface area contributed by atoms with Crippen molar-refractivity contribution in [2.24, 2.45) is 0 Å². The molecule has 2 aromatic carbocycles. The van der Waals surface area contributed by atoms with Crippen LogP contribution in [0, 0.1) is 18.3 Å². The zero-order chi connectivity index (χ0) is 20.8. The van der Waals surface area contributed by atoms with E-state index in [0.717, 1.165) is 30.1 Å². The summed E-state index contributed by atoms with van der Waals surface area (Å²) in [4.78, 5) is 0. The first kappa shape index (κ1) is 20.2. The Morgan fingerprint density at radius 1 is 1.13 bits per heavy atom. The van der Waals surface area contributed by atoms with Gasteiger partial charge in [0.05, 0.1) is 17.1 Å². The van der Waals surface area contributed by atoms with Gasteiger partial charge < -0.3 is 10.1 Å². The number of para-hydroxylation sites is 1. The van der Waals surface area contributed by atoms with Crippen molar-refractivity contribution in [3.05, 3.63) is 77.1 Å². The van der Waals surface area contributed by atoms with Crippen molar-refractivity contribution >= 4 is 0 Å². The highest BCUT2D eigenvalue weighted by molar-refractivity contribution is 5.43. The van der Waals surface area contributed by atoms with Gasteiger partial charge in [-0.1, -0.05) is 36.8 Å². The van der Waals surface area contributed by atoms with Gasteiger partial charge >= 0.3 is 0 Å². The Kier molecular flexibility index (Phi) is 6.46. The quantitative estimate of drug-likeness (QED) is 0.624. The Labute approximate surface area is 178 Å². The first-order valence-electron chi connectivity index (χ1n) is 10.7. The first-order valence-corrected chi connectivity index (χ1v) is 10.7. The van der Waals surface area contributed by atoms with Crippen LogP contribution in [0.25, 0.3) is 5.69 Å². The highest BCUT2D eigenvalue weighted by Gasteiger charge is 2.17. The predicted octanol–water partition coefficient (Wildman–Crippen LogP) is 4.71. The molecule has 0 radical (unpaired) electrons. The van der Waals surface area contributed by atoms with Gasteiger partial charge in [0, 0.05) is 6.04 Å². The average Bonchev–Trinajstić information content (AvgIpc) is 3.13. The molecule has 4 rings (SSSR count). The van der Waals surface area contributed by atoms with Crippen molar-refractivity contribution in [3.63, 3.8) is 0 Å². The summed E-state index contributed by atoms with van der Waals surface area (Å²) in [5, 5.41) is 17.8. The minimum atomic E-state index is 0.296. The molecule has 0 aliphatic carbocycles. The van der Waals surface area contributed by atoms with Gasteiger partial charge in [0.2, 0.25) is 0 Å². The molecule has 1 N–H and O–H groups in total.